The lowest BCUT2D eigenvalue weighted by molar-refractivity contribution is 0.0494. The van der Waals surface area contributed by atoms with Crippen LogP contribution in [0.2, 0.25) is 0 Å². The third kappa shape index (κ3) is 1.98. The highest BCUT2D eigenvalue weighted by Crippen LogP contribution is 2.27. The van der Waals surface area contributed by atoms with Crippen LogP contribution >= 0.6 is 0 Å². The van der Waals surface area contributed by atoms with Gasteiger partial charge < -0.3 is 4.74 Å². The molecule has 0 bridgehead atoms. The topological polar surface area (TPSA) is 9.23 Å². The molecule has 0 radical (unpaired) electrons. The normalized spacial score (nSPS) is 29.2. The average molecular weight is 166 g/mol. The Bertz CT molecular complexity index is 213. The predicted molar refractivity (Wildman–Crippen MR) is 52.1 cm³/mol. The van der Waals surface area contributed by atoms with Gasteiger partial charge in [0.1, 0.15) is 0 Å². The van der Waals surface area contributed by atoms with Crippen molar-refractivity contribution < 1.29 is 4.74 Å². The summed E-state index contributed by atoms with van der Waals surface area (Å²) < 4.78 is 5.43. The van der Waals surface area contributed by atoms with E-state index in [-0.39, 0.29) is 5.60 Å². The van der Waals surface area contributed by atoms with Gasteiger partial charge >= 0.3 is 0 Å². The summed E-state index contributed by atoms with van der Waals surface area (Å²) in [7, 11) is 1.77. The first-order valence-corrected chi connectivity index (χ1v) is 4.52. The summed E-state index contributed by atoms with van der Waals surface area (Å²) in [5.74, 6) is 0.594. The van der Waals surface area contributed by atoms with Gasteiger partial charge in [-0.15, -0.1) is 0 Å². The molecule has 0 saturated heterocycles. The molecule has 1 rings (SSSR count). The van der Waals surface area contributed by atoms with Gasteiger partial charge in [0.25, 0.3) is 0 Å². The van der Waals surface area contributed by atoms with Crippen LogP contribution < -0.4 is 0 Å². The lowest BCUT2D eigenvalue weighted by atomic mass is 9.88. The number of allylic oxidation sites excluding steroid dienone is 2. The lowest BCUT2D eigenvalue weighted by Crippen LogP contribution is -2.26. The van der Waals surface area contributed by atoms with Gasteiger partial charge in [-0.1, -0.05) is 26.0 Å². The first kappa shape index (κ1) is 9.53. The summed E-state index contributed by atoms with van der Waals surface area (Å²) in [6.45, 7) is 6.54. The number of hydrogen-bond donors (Lipinski definition) is 0. The molecule has 1 heteroatoms. The number of rotatable bonds is 2. The Labute approximate surface area is 75.1 Å². The molecule has 12 heavy (non-hydrogen) atoms. The maximum absolute atomic E-state index is 5.43. The minimum atomic E-state index is -0.0750. The molecule has 1 aliphatic carbocycles. The van der Waals surface area contributed by atoms with Crippen LogP contribution in [0.15, 0.2) is 23.8 Å². The fraction of sp³-hybridized carbons (Fsp3) is 0.636. The minimum Gasteiger partial charge on any atom is -0.374 e. The van der Waals surface area contributed by atoms with Crippen LogP contribution in [0.4, 0.5) is 0 Å². The Morgan fingerprint density at radius 2 is 2.17 bits per heavy atom. The van der Waals surface area contributed by atoms with Gasteiger partial charge in [0.15, 0.2) is 0 Å². The smallest absolute Gasteiger partial charge is 0.0870 e. The summed E-state index contributed by atoms with van der Waals surface area (Å²) in [5, 5.41) is 0. The molecule has 0 aromatic rings. The largest absolute Gasteiger partial charge is 0.374 e. The van der Waals surface area contributed by atoms with E-state index in [0.717, 1.165) is 6.42 Å². The van der Waals surface area contributed by atoms with Gasteiger partial charge in [0.05, 0.1) is 5.60 Å². The number of methoxy groups -OCH3 is 1. The first-order chi connectivity index (χ1) is 5.57. The highest BCUT2D eigenvalue weighted by molar-refractivity contribution is 5.29. The van der Waals surface area contributed by atoms with Crippen LogP contribution in [0, 0.1) is 5.92 Å². The van der Waals surface area contributed by atoms with Crippen molar-refractivity contribution in [2.45, 2.75) is 32.8 Å². The maximum atomic E-state index is 5.43. The van der Waals surface area contributed by atoms with E-state index >= 15 is 0 Å². The average Bonchev–Trinajstić information content (AvgIpc) is 2.05. The Hall–Kier alpha value is -0.560. The molecule has 68 valence electrons. The molecule has 0 spiro atoms. The van der Waals surface area contributed by atoms with E-state index in [9.17, 15) is 0 Å². The minimum absolute atomic E-state index is 0.0750. The monoisotopic (exact) mass is 166 g/mol. The maximum Gasteiger partial charge on any atom is 0.0870 e. The van der Waals surface area contributed by atoms with Crippen LogP contribution in [0.3, 0.4) is 0 Å². The van der Waals surface area contributed by atoms with Crippen LogP contribution in [0.1, 0.15) is 27.2 Å². The first-order valence-electron chi connectivity index (χ1n) is 4.52. The number of hydrogen-bond acceptors (Lipinski definition) is 1. The summed E-state index contributed by atoms with van der Waals surface area (Å²) in [5.41, 5.74) is 1.31. The molecular weight excluding hydrogens is 148 g/mol. The third-order valence-electron chi connectivity index (χ3n) is 2.44. The SMILES string of the molecule is COC1(C)C=C(C(C)C)C=CC1. The second-order valence-corrected chi connectivity index (χ2v) is 3.92. The van der Waals surface area contributed by atoms with Crippen LogP contribution in [-0.4, -0.2) is 12.7 Å². The van der Waals surface area contributed by atoms with Gasteiger partial charge in [-0.3, -0.25) is 0 Å². The van der Waals surface area contributed by atoms with Crippen LogP contribution in [0.25, 0.3) is 0 Å². The quantitative estimate of drug-likeness (QED) is 0.613. The molecule has 0 aromatic heterocycles. The predicted octanol–water partition coefficient (Wildman–Crippen LogP) is 2.93. The van der Waals surface area contributed by atoms with Crippen LogP contribution in [-0.2, 0) is 4.74 Å². The van der Waals surface area contributed by atoms with Crippen molar-refractivity contribution in [1.82, 2.24) is 0 Å². The molecule has 0 aliphatic heterocycles. The molecule has 1 atom stereocenters. The highest BCUT2D eigenvalue weighted by atomic mass is 16.5. The van der Waals surface area contributed by atoms with E-state index in [1.54, 1.807) is 7.11 Å². The van der Waals surface area contributed by atoms with Crippen molar-refractivity contribution in [3.63, 3.8) is 0 Å². The zero-order valence-electron chi connectivity index (χ0n) is 8.42. The zero-order chi connectivity index (χ0) is 9.19. The molecule has 0 fully saturated rings. The molecule has 0 aromatic carbocycles. The van der Waals surface area contributed by atoms with Crippen molar-refractivity contribution >= 4 is 0 Å². The second kappa shape index (κ2) is 3.44. The summed E-state index contributed by atoms with van der Waals surface area (Å²) >= 11 is 0. The van der Waals surface area contributed by atoms with Gasteiger partial charge in [-0.25, -0.2) is 0 Å². The van der Waals surface area contributed by atoms with Crippen molar-refractivity contribution in [1.29, 1.82) is 0 Å². The molecule has 1 unspecified atom stereocenters. The summed E-state index contributed by atoms with van der Waals surface area (Å²) in [6, 6.07) is 0. The van der Waals surface area contributed by atoms with E-state index < -0.39 is 0 Å². The fourth-order valence-corrected chi connectivity index (χ4v) is 1.39. The Morgan fingerprint density at radius 1 is 1.50 bits per heavy atom. The molecular formula is C11H18O. The van der Waals surface area contributed by atoms with Crippen LogP contribution in [0.5, 0.6) is 0 Å². The molecule has 0 saturated carbocycles. The van der Waals surface area contributed by atoms with E-state index in [1.807, 2.05) is 0 Å². The Kier molecular flexibility index (Phi) is 2.73. The number of ether oxygens (including phenoxy) is 1. The van der Waals surface area contributed by atoms with Gasteiger partial charge in [0.2, 0.25) is 0 Å². The molecule has 0 amide bonds. The van der Waals surface area contributed by atoms with E-state index in [4.69, 9.17) is 4.74 Å². The summed E-state index contributed by atoms with van der Waals surface area (Å²) in [6.07, 6.45) is 7.61. The molecule has 1 aliphatic rings. The second-order valence-electron chi connectivity index (χ2n) is 3.92. The highest BCUT2D eigenvalue weighted by Gasteiger charge is 2.22. The molecule has 0 heterocycles. The van der Waals surface area contributed by atoms with E-state index in [0.29, 0.717) is 5.92 Å². The van der Waals surface area contributed by atoms with Crippen molar-refractivity contribution in [2.75, 3.05) is 7.11 Å². The van der Waals surface area contributed by atoms with Crippen molar-refractivity contribution in [3.05, 3.63) is 23.8 Å². The summed E-state index contributed by atoms with van der Waals surface area (Å²) in [4.78, 5) is 0. The standard InChI is InChI=1S/C11H18O/c1-9(2)10-6-5-7-11(3,8-10)12-4/h5-6,8-9H,7H2,1-4H3. The fourth-order valence-electron chi connectivity index (χ4n) is 1.39. The Balaban J connectivity index is 2.82. The lowest BCUT2D eigenvalue weighted by Gasteiger charge is -2.28. The third-order valence-corrected chi connectivity index (χ3v) is 2.44. The Morgan fingerprint density at radius 3 is 2.67 bits per heavy atom. The van der Waals surface area contributed by atoms with E-state index in [1.165, 1.54) is 5.57 Å². The van der Waals surface area contributed by atoms with Crippen molar-refractivity contribution in [3.8, 4) is 0 Å². The van der Waals surface area contributed by atoms with Gasteiger partial charge in [-0.2, -0.15) is 0 Å². The van der Waals surface area contributed by atoms with Gasteiger partial charge in [0, 0.05) is 7.11 Å². The van der Waals surface area contributed by atoms with E-state index in [2.05, 4.69) is 39.0 Å². The van der Waals surface area contributed by atoms with Crippen molar-refractivity contribution in [2.24, 2.45) is 5.92 Å². The zero-order valence-corrected chi connectivity index (χ0v) is 8.42. The molecule has 1 nitrogen and oxygen atoms in total. The molecule has 0 N–H and O–H groups in total. The van der Waals surface area contributed by atoms with Gasteiger partial charge in [-0.05, 0) is 30.9 Å².